The normalized spacial score (nSPS) is 10.9. The molecule has 106 valence electrons. The van der Waals surface area contributed by atoms with Crippen LogP contribution in [0.2, 0.25) is 0 Å². The molecule has 0 bridgehead atoms. The fraction of sp³-hybridized carbons (Fsp3) is 0.0625. The molecule has 0 aliphatic heterocycles. The Morgan fingerprint density at radius 2 is 2.00 bits per heavy atom. The van der Waals surface area contributed by atoms with Crippen molar-refractivity contribution in [3.63, 3.8) is 0 Å². The number of rotatable bonds is 5. The summed E-state index contributed by atoms with van der Waals surface area (Å²) in [5, 5.41) is 3.85. The van der Waals surface area contributed by atoms with Crippen molar-refractivity contribution in [2.24, 2.45) is 5.10 Å². The lowest BCUT2D eigenvalue weighted by molar-refractivity contribution is 0.0955. The largest absolute Gasteiger partial charge is 0.496 e. The zero-order valence-corrected chi connectivity index (χ0v) is 11.6. The van der Waals surface area contributed by atoms with Crippen molar-refractivity contribution < 1.29 is 9.53 Å². The van der Waals surface area contributed by atoms with E-state index < -0.39 is 0 Å². The number of carbonyl (C=O) groups is 1. The molecule has 5 heteroatoms. The molecule has 1 heterocycles. The molecule has 2 aromatic rings. The number of hydrogen-bond acceptors (Lipinski definition) is 4. The van der Waals surface area contributed by atoms with Gasteiger partial charge < -0.3 is 4.74 Å². The number of benzene rings is 1. The van der Waals surface area contributed by atoms with Gasteiger partial charge in [-0.05, 0) is 30.4 Å². The van der Waals surface area contributed by atoms with Crippen LogP contribution in [-0.2, 0) is 0 Å². The Bertz CT molecular complexity index is 652. The zero-order valence-electron chi connectivity index (χ0n) is 11.6. The van der Waals surface area contributed by atoms with E-state index in [2.05, 4.69) is 15.5 Å². The highest BCUT2D eigenvalue weighted by atomic mass is 16.5. The molecule has 0 aliphatic rings. The number of para-hydroxylation sites is 1. The van der Waals surface area contributed by atoms with Crippen molar-refractivity contribution in [1.82, 2.24) is 10.4 Å². The lowest BCUT2D eigenvalue weighted by Crippen LogP contribution is -2.17. The van der Waals surface area contributed by atoms with E-state index in [1.807, 2.05) is 30.3 Å². The Balaban J connectivity index is 1.91. The van der Waals surface area contributed by atoms with Gasteiger partial charge in [0, 0.05) is 29.7 Å². The molecule has 0 saturated heterocycles. The first-order valence-electron chi connectivity index (χ1n) is 6.34. The number of methoxy groups -OCH3 is 1. The first-order valence-corrected chi connectivity index (χ1v) is 6.34. The third kappa shape index (κ3) is 4.28. The number of amides is 1. The first kappa shape index (κ1) is 14.5. The summed E-state index contributed by atoms with van der Waals surface area (Å²) < 4.78 is 5.23. The van der Waals surface area contributed by atoms with Crippen molar-refractivity contribution in [2.45, 2.75) is 0 Å². The van der Waals surface area contributed by atoms with E-state index in [9.17, 15) is 4.79 Å². The number of nitrogens with zero attached hydrogens (tertiary/aromatic N) is 2. The second-order valence-electron chi connectivity index (χ2n) is 4.06. The van der Waals surface area contributed by atoms with Crippen molar-refractivity contribution in [3.05, 3.63) is 66.0 Å². The molecule has 1 aromatic heterocycles. The van der Waals surface area contributed by atoms with Crippen LogP contribution >= 0.6 is 0 Å². The standard InChI is InChI=1S/C16H15N3O2/c1-21-15-7-3-2-5-13(15)6-4-10-18-19-16(20)14-8-11-17-12-9-14/h2-12H,1H3,(H,19,20)/b6-4+,18-10?. The van der Waals surface area contributed by atoms with Crippen LogP contribution in [0.25, 0.3) is 6.08 Å². The van der Waals surface area contributed by atoms with Crippen molar-refractivity contribution in [3.8, 4) is 5.75 Å². The van der Waals surface area contributed by atoms with Gasteiger partial charge in [-0.25, -0.2) is 5.43 Å². The number of aromatic nitrogens is 1. The lowest BCUT2D eigenvalue weighted by Gasteiger charge is -2.02. The summed E-state index contributed by atoms with van der Waals surface area (Å²) in [5.41, 5.74) is 3.88. The fourth-order valence-electron chi connectivity index (χ4n) is 1.66. The Morgan fingerprint density at radius 1 is 1.24 bits per heavy atom. The maximum atomic E-state index is 11.7. The van der Waals surface area contributed by atoms with Gasteiger partial charge in [0.1, 0.15) is 5.75 Å². The van der Waals surface area contributed by atoms with Gasteiger partial charge in [-0.3, -0.25) is 9.78 Å². The fourth-order valence-corrected chi connectivity index (χ4v) is 1.66. The quantitative estimate of drug-likeness (QED) is 0.676. The minimum atomic E-state index is -0.278. The van der Waals surface area contributed by atoms with Crippen LogP contribution in [0, 0.1) is 0 Å². The molecule has 0 saturated carbocycles. The van der Waals surface area contributed by atoms with Gasteiger partial charge in [0.05, 0.1) is 7.11 Å². The van der Waals surface area contributed by atoms with E-state index in [0.717, 1.165) is 11.3 Å². The Morgan fingerprint density at radius 3 is 2.76 bits per heavy atom. The Kier molecular flexibility index (Phi) is 5.23. The second kappa shape index (κ2) is 7.59. The SMILES string of the molecule is COc1ccccc1/C=C/C=NNC(=O)c1ccncc1. The number of ether oxygens (including phenoxy) is 1. The third-order valence-electron chi connectivity index (χ3n) is 2.68. The number of allylic oxidation sites excluding steroid dienone is 1. The number of hydrogen-bond donors (Lipinski definition) is 1. The van der Waals surface area contributed by atoms with Gasteiger partial charge in [-0.15, -0.1) is 0 Å². The molecule has 0 unspecified atom stereocenters. The molecular formula is C16H15N3O2. The number of pyridine rings is 1. The maximum Gasteiger partial charge on any atom is 0.271 e. The summed E-state index contributed by atoms with van der Waals surface area (Å²) in [6.45, 7) is 0. The summed E-state index contributed by atoms with van der Waals surface area (Å²) in [6, 6.07) is 10.9. The Labute approximate surface area is 123 Å². The van der Waals surface area contributed by atoms with Crippen molar-refractivity contribution in [1.29, 1.82) is 0 Å². The molecule has 0 atom stereocenters. The van der Waals surface area contributed by atoms with Crippen molar-refractivity contribution in [2.75, 3.05) is 7.11 Å². The summed E-state index contributed by atoms with van der Waals surface area (Å²) in [6.07, 6.45) is 8.19. The first-order chi connectivity index (χ1) is 10.3. The van der Waals surface area contributed by atoms with Crippen LogP contribution in [0.1, 0.15) is 15.9 Å². The van der Waals surface area contributed by atoms with Crippen molar-refractivity contribution >= 4 is 18.2 Å². The molecule has 0 spiro atoms. The van der Waals surface area contributed by atoms with E-state index in [1.54, 1.807) is 37.7 Å². The maximum absolute atomic E-state index is 11.7. The van der Waals surface area contributed by atoms with Crippen LogP contribution in [0.4, 0.5) is 0 Å². The average Bonchev–Trinajstić information content (AvgIpc) is 2.55. The minimum absolute atomic E-state index is 0.278. The molecule has 0 aliphatic carbocycles. The van der Waals surface area contributed by atoms with Crippen LogP contribution in [-0.4, -0.2) is 24.2 Å². The minimum Gasteiger partial charge on any atom is -0.496 e. The van der Waals surface area contributed by atoms with Crippen LogP contribution in [0.3, 0.4) is 0 Å². The van der Waals surface area contributed by atoms with Gasteiger partial charge in [0.2, 0.25) is 0 Å². The van der Waals surface area contributed by atoms with Gasteiger partial charge >= 0.3 is 0 Å². The van der Waals surface area contributed by atoms with E-state index in [0.29, 0.717) is 5.56 Å². The highest BCUT2D eigenvalue weighted by Gasteiger charge is 2.01. The second-order valence-corrected chi connectivity index (χ2v) is 4.06. The zero-order chi connectivity index (χ0) is 14.9. The third-order valence-corrected chi connectivity index (χ3v) is 2.68. The summed E-state index contributed by atoms with van der Waals surface area (Å²) >= 11 is 0. The van der Waals surface area contributed by atoms with E-state index in [-0.39, 0.29) is 5.91 Å². The van der Waals surface area contributed by atoms with E-state index in [4.69, 9.17) is 4.74 Å². The van der Waals surface area contributed by atoms with E-state index >= 15 is 0 Å². The predicted molar refractivity (Wildman–Crippen MR) is 82.2 cm³/mol. The average molecular weight is 281 g/mol. The van der Waals surface area contributed by atoms with Gasteiger partial charge in [0.15, 0.2) is 0 Å². The predicted octanol–water partition coefficient (Wildman–Crippen LogP) is 2.52. The Hall–Kier alpha value is -2.95. The molecule has 0 radical (unpaired) electrons. The molecule has 1 N–H and O–H groups in total. The van der Waals surface area contributed by atoms with Gasteiger partial charge in [-0.1, -0.05) is 18.2 Å². The number of nitrogens with one attached hydrogen (secondary N) is 1. The van der Waals surface area contributed by atoms with Gasteiger partial charge in [0.25, 0.3) is 5.91 Å². The number of hydrazone groups is 1. The number of carbonyl (C=O) groups excluding carboxylic acids is 1. The van der Waals surface area contributed by atoms with Crippen LogP contribution in [0.15, 0.2) is 60.0 Å². The smallest absolute Gasteiger partial charge is 0.271 e. The monoisotopic (exact) mass is 281 g/mol. The van der Waals surface area contributed by atoms with Gasteiger partial charge in [-0.2, -0.15) is 5.10 Å². The summed E-state index contributed by atoms with van der Waals surface area (Å²) in [4.78, 5) is 15.5. The van der Waals surface area contributed by atoms with Crippen LogP contribution in [0.5, 0.6) is 5.75 Å². The molecule has 2 rings (SSSR count). The highest BCUT2D eigenvalue weighted by molar-refractivity contribution is 5.94. The highest BCUT2D eigenvalue weighted by Crippen LogP contribution is 2.18. The summed E-state index contributed by atoms with van der Waals surface area (Å²) in [7, 11) is 1.62. The summed E-state index contributed by atoms with van der Waals surface area (Å²) in [5.74, 6) is 0.502. The molecule has 21 heavy (non-hydrogen) atoms. The topological polar surface area (TPSA) is 63.6 Å². The molecule has 0 fully saturated rings. The molecular weight excluding hydrogens is 266 g/mol. The van der Waals surface area contributed by atoms with Crippen LogP contribution < -0.4 is 10.2 Å². The molecule has 1 amide bonds. The lowest BCUT2D eigenvalue weighted by atomic mass is 10.2. The molecule has 1 aromatic carbocycles. The van der Waals surface area contributed by atoms with E-state index in [1.165, 1.54) is 6.21 Å². The molecule has 5 nitrogen and oxygen atoms in total.